The number of nitrogens with zero attached hydrogens (tertiary/aromatic N) is 4. The highest BCUT2D eigenvalue weighted by molar-refractivity contribution is 7.99. The second-order valence-electron chi connectivity index (χ2n) is 6.37. The maximum Gasteiger partial charge on any atom is 0.223 e. The Kier molecular flexibility index (Phi) is 7.72. The molecule has 1 heterocycles. The summed E-state index contributed by atoms with van der Waals surface area (Å²) in [5, 5.41) is 1.25. The van der Waals surface area contributed by atoms with Gasteiger partial charge in [0.2, 0.25) is 5.88 Å². The first-order valence-corrected chi connectivity index (χ1v) is 9.93. The number of ether oxygens (including phenoxy) is 1. The van der Waals surface area contributed by atoms with Gasteiger partial charge in [-0.3, -0.25) is 0 Å². The molecule has 0 fully saturated rings. The van der Waals surface area contributed by atoms with Crippen molar-refractivity contribution in [1.82, 2.24) is 14.9 Å². The minimum Gasteiger partial charge on any atom is -0.439 e. The van der Waals surface area contributed by atoms with Gasteiger partial charge in [-0.15, -0.1) is 0 Å². The van der Waals surface area contributed by atoms with Gasteiger partial charge in [-0.2, -0.15) is 4.98 Å². The Morgan fingerprint density at radius 1 is 1.38 bits per heavy atom. The van der Waals surface area contributed by atoms with Gasteiger partial charge in [0.1, 0.15) is 5.75 Å². The van der Waals surface area contributed by atoms with Gasteiger partial charge in [-0.1, -0.05) is 37.2 Å². The van der Waals surface area contributed by atoms with Crippen LogP contribution in [0.5, 0.6) is 11.6 Å². The summed E-state index contributed by atoms with van der Waals surface area (Å²) in [5.74, 6) is 2.71. The molecule has 2 rings (SSSR count). The predicted molar refractivity (Wildman–Crippen MR) is 110 cm³/mol. The van der Waals surface area contributed by atoms with E-state index in [1.807, 2.05) is 24.9 Å². The highest BCUT2D eigenvalue weighted by Crippen LogP contribution is 2.34. The quantitative estimate of drug-likeness (QED) is 0.253. The molecule has 0 aliphatic carbocycles. The summed E-state index contributed by atoms with van der Waals surface area (Å²) in [6.07, 6.45) is 3.48. The van der Waals surface area contributed by atoms with Gasteiger partial charge in [0, 0.05) is 37.7 Å². The fourth-order valence-corrected chi connectivity index (χ4v) is 2.88. The van der Waals surface area contributed by atoms with E-state index >= 15 is 0 Å². The number of rotatable bonds is 8. The number of thioether (sulfide) groups is 1. The molecule has 0 amide bonds. The topological polar surface area (TPSA) is 50.6 Å². The van der Waals surface area contributed by atoms with Crippen LogP contribution >= 0.6 is 23.4 Å². The van der Waals surface area contributed by atoms with E-state index < -0.39 is 0 Å². The molecule has 1 aromatic carbocycles. The molecule has 7 heteroatoms. The fourth-order valence-electron chi connectivity index (χ4n) is 1.90. The Balaban J connectivity index is 2.16. The average Bonchev–Trinajstić information content (AvgIpc) is 2.61. The van der Waals surface area contributed by atoms with Crippen molar-refractivity contribution in [3.63, 3.8) is 0 Å². The molecule has 0 aliphatic heterocycles. The molecule has 140 valence electrons. The first-order chi connectivity index (χ1) is 12.4. The zero-order valence-electron chi connectivity index (χ0n) is 15.9. The second kappa shape index (κ2) is 9.78. The van der Waals surface area contributed by atoms with Crippen molar-refractivity contribution < 1.29 is 4.74 Å². The SMILES string of the molecule is CCN(C)/C=N/c1cc(C)c(Oc2ccnc(SCC(C)C)n2)cc1Cl. The zero-order chi connectivity index (χ0) is 19.1. The molecule has 0 radical (unpaired) electrons. The number of benzene rings is 1. The lowest BCUT2D eigenvalue weighted by Crippen LogP contribution is -2.14. The number of aromatic nitrogens is 2. The molecule has 0 N–H and O–H groups in total. The van der Waals surface area contributed by atoms with E-state index in [1.54, 1.807) is 36.4 Å². The summed E-state index contributed by atoms with van der Waals surface area (Å²) >= 11 is 7.98. The van der Waals surface area contributed by atoms with E-state index in [0.29, 0.717) is 33.4 Å². The van der Waals surface area contributed by atoms with E-state index in [1.165, 1.54) is 0 Å². The van der Waals surface area contributed by atoms with Gasteiger partial charge < -0.3 is 9.64 Å². The van der Waals surface area contributed by atoms with Crippen LogP contribution in [0.25, 0.3) is 0 Å². The molecule has 0 saturated carbocycles. The lowest BCUT2D eigenvalue weighted by molar-refractivity contribution is 0.452. The molecule has 0 spiro atoms. The van der Waals surface area contributed by atoms with Crippen molar-refractivity contribution in [2.75, 3.05) is 19.3 Å². The highest BCUT2D eigenvalue weighted by atomic mass is 35.5. The minimum absolute atomic E-state index is 0.507. The van der Waals surface area contributed by atoms with Crippen LogP contribution in [0.1, 0.15) is 26.3 Å². The van der Waals surface area contributed by atoms with Gasteiger partial charge in [0.05, 0.1) is 17.0 Å². The number of hydrogen-bond donors (Lipinski definition) is 0. The predicted octanol–water partition coefficient (Wildman–Crippen LogP) is 5.59. The van der Waals surface area contributed by atoms with Gasteiger partial charge >= 0.3 is 0 Å². The largest absolute Gasteiger partial charge is 0.439 e. The third kappa shape index (κ3) is 6.18. The van der Waals surface area contributed by atoms with E-state index in [2.05, 4.69) is 35.7 Å². The number of hydrogen-bond acceptors (Lipinski definition) is 5. The van der Waals surface area contributed by atoms with Crippen LogP contribution in [0.3, 0.4) is 0 Å². The van der Waals surface area contributed by atoms with E-state index in [0.717, 1.165) is 17.9 Å². The van der Waals surface area contributed by atoms with Crippen LogP contribution in [0, 0.1) is 12.8 Å². The summed E-state index contributed by atoms with van der Waals surface area (Å²) in [7, 11) is 1.96. The molecule has 0 bridgehead atoms. The van der Waals surface area contributed by atoms with Crippen molar-refractivity contribution in [3.05, 3.63) is 35.0 Å². The summed E-state index contributed by atoms with van der Waals surface area (Å²) in [6, 6.07) is 5.43. The number of aliphatic imine (C=N–C) groups is 1. The summed E-state index contributed by atoms with van der Waals surface area (Å²) in [4.78, 5) is 15.1. The third-order valence-corrected chi connectivity index (χ3v) is 5.10. The first-order valence-electron chi connectivity index (χ1n) is 8.57. The smallest absolute Gasteiger partial charge is 0.223 e. The molecule has 0 saturated heterocycles. The van der Waals surface area contributed by atoms with Crippen LogP contribution in [-0.2, 0) is 0 Å². The van der Waals surface area contributed by atoms with Crippen LogP contribution in [0.15, 0.2) is 34.5 Å². The summed E-state index contributed by atoms with van der Waals surface area (Å²) in [5.41, 5.74) is 1.66. The number of aryl methyl sites for hydroxylation is 1. The lowest BCUT2D eigenvalue weighted by Gasteiger charge is -2.12. The second-order valence-corrected chi connectivity index (χ2v) is 7.77. The Labute approximate surface area is 164 Å². The lowest BCUT2D eigenvalue weighted by atomic mass is 10.2. The molecule has 2 aromatic rings. The minimum atomic E-state index is 0.507. The van der Waals surface area contributed by atoms with E-state index in [9.17, 15) is 0 Å². The van der Waals surface area contributed by atoms with Gasteiger partial charge in [-0.25, -0.2) is 9.98 Å². The summed E-state index contributed by atoms with van der Waals surface area (Å²) in [6.45, 7) is 9.24. The maximum absolute atomic E-state index is 6.36. The molecule has 0 atom stereocenters. The highest BCUT2D eigenvalue weighted by Gasteiger charge is 2.09. The van der Waals surface area contributed by atoms with Gasteiger partial charge in [-0.05, 0) is 31.4 Å². The zero-order valence-corrected chi connectivity index (χ0v) is 17.4. The van der Waals surface area contributed by atoms with E-state index in [-0.39, 0.29) is 0 Å². The Morgan fingerprint density at radius 3 is 2.85 bits per heavy atom. The molecule has 26 heavy (non-hydrogen) atoms. The van der Waals surface area contributed by atoms with Crippen molar-refractivity contribution in [1.29, 1.82) is 0 Å². The normalized spacial score (nSPS) is 11.3. The molecule has 0 aliphatic rings. The monoisotopic (exact) mass is 392 g/mol. The molecule has 5 nitrogen and oxygen atoms in total. The van der Waals surface area contributed by atoms with Crippen molar-refractivity contribution >= 4 is 35.4 Å². The van der Waals surface area contributed by atoms with Crippen LogP contribution < -0.4 is 4.74 Å². The first kappa shape index (κ1) is 20.5. The average molecular weight is 393 g/mol. The van der Waals surface area contributed by atoms with Crippen molar-refractivity contribution in [2.24, 2.45) is 10.9 Å². The van der Waals surface area contributed by atoms with Gasteiger partial charge in [0.25, 0.3) is 0 Å². The van der Waals surface area contributed by atoms with Crippen molar-refractivity contribution in [3.8, 4) is 11.6 Å². The standard InChI is InChI=1S/C19H25ClN4OS/c1-6-24(5)12-22-16-9-14(4)17(10-15(16)20)25-18-7-8-21-19(23-18)26-11-13(2)3/h7-10,12-13H,6,11H2,1-5H3/b22-12+. The third-order valence-electron chi connectivity index (χ3n) is 3.51. The van der Waals surface area contributed by atoms with Crippen molar-refractivity contribution in [2.45, 2.75) is 32.9 Å². The van der Waals surface area contributed by atoms with Crippen LogP contribution in [0.4, 0.5) is 5.69 Å². The molecule has 0 unspecified atom stereocenters. The Bertz CT molecular complexity index is 767. The Morgan fingerprint density at radius 2 is 2.15 bits per heavy atom. The molecular weight excluding hydrogens is 368 g/mol. The molecular formula is C19H25ClN4OS. The number of halogens is 1. The van der Waals surface area contributed by atoms with Crippen LogP contribution in [-0.4, -0.2) is 40.6 Å². The Hall–Kier alpha value is -1.79. The fraction of sp³-hybridized carbons (Fsp3) is 0.421. The maximum atomic E-state index is 6.36. The van der Waals surface area contributed by atoms with Crippen LogP contribution in [0.2, 0.25) is 5.02 Å². The molecule has 1 aromatic heterocycles. The summed E-state index contributed by atoms with van der Waals surface area (Å²) < 4.78 is 5.93. The van der Waals surface area contributed by atoms with Gasteiger partial charge in [0.15, 0.2) is 5.16 Å². The van der Waals surface area contributed by atoms with E-state index in [4.69, 9.17) is 16.3 Å².